The summed E-state index contributed by atoms with van der Waals surface area (Å²) in [6.07, 6.45) is 1.99. The van der Waals surface area contributed by atoms with Gasteiger partial charge in [-0.1, -0.05) is 6.07 Å². The van der Waals surface area contributed by atoms with Crippen LogP contribution < -0.4 is 11.1 Å². The summed E-state index contributed by atoms with van der Waals surface area (Å²) in [6.45, 7) is 4.90. The molecule has 0 aliphatic rings. The van der Waals surface area contributed by atoms with Gasteiger partial charge in [-0.15, -0.1) is 0 Å². The number of aryl methyl sites for hydroxylation is 1. The Bertz CT molecular complexity index is 433. The molecule has 0 aromatic heterocycles. The summed E-state index contributed by atoms with van der Waals surface area (Å²) in [7, 11) is 0. The van der Waals surface area contributed by atoms with Gasteiger partial charge in [0.15, 0.2) is 0 Å². The molecule has 2 unspecified atom stereocenters. The van der Waals surface area contributed by atoms with E-state index in [4.69, 9.17) is 5.73 Å². The van der Waals surface area contributed by atoms with Gasteiger partial charge in [0, 0.05) is 23.4 Å². The van der Waals surface area contributed by atoms with Crippen LogP contribution in [-0.2, 0) is 6.54 Å². The van der Waals surface area contributed by atoms with Crippen LogP contribution in [0.5, 0.6) is 0 Å². The number of nitrogens with one attached hydrogen (secondary N) is 1. The molecule has 19 heavy (non-hydrogen) atoms. The van der Waals surface area contributed by atoms with Crippen LogP contribution in [0.4, 0.5) is 0 Å². The normalized spacial score (nSPS) is 14.1. The standard InChI is InChI=1S/C14H22N2O2S/c1-9-6-11(14(15)18)4-5-12(9)7-16-10(2)13(8-17)19-3/h4-6,10,13,16-17H,7-8H2,1-3H3,(H2,15,18). The number of primary amides is 1. The van der Waals surface area contributed by atoms with E-state index in [1.165, 1.54) is 0 Å². The molecular formula is C14H22N2O2S. The fourth-order valence-electron chi connectivity index (χ4n) is 1.89. The van der Waals surface area contributed by atoms with Gasteiger partial charge in [0.25, 0.3) is 0 Å². The lowest BCUT2D eigenvalue weighted by molar-refractivity contribution is 0.1000. The number of nitrogens with two attached hydrogens (primary N) is 1. The zero-order valence-electron chi connectivity index (χ0n) is 11.6. The monoisotopic (exact) mass is 282 g/mol. The number of hydrogen-bond acceptors (Lipinski definition) is 4. The van der Waals surface area contributed by atoms with Crippen LogP contribution in [0.2, 0.25) is 0 Å². The average Bonchev–Trinajstić information content (AvgIpc) is 2.38. The van der Waals surface area contributed by atoms with Gasteiger partial charge in [-0.2, -0.15) is 11.8 Å². The summed E-state index contributed by atoms with van der Waals surface area (Å²) in [4.78, 5) is 11.1. The molecular weight excluding hydrogens is 260 g/mol. The fraction of sp³-hybridized carbons (Fsp3) is 0.500. The number of aliphatic hydroxyl groups excluding tert-OH is 1. The third kappa shape index (κ3) is 4.53. The van der Waals surface area contributed by atoms with Gasteiger partial charge in [0.1, 0.15) is 0 Å². The first-order valence-corrected chi connectivity index (χ1v) is 7.54. The molecule has 106 valence electrons. The van der Waals surface area contributed by atoms with E-state index in [1.54, 1.807) is 17.8 Å². The minimum Gasteiger partial charge on any atom is -0.395 e. The van der Waals surface area contributed by atoms with Crippen molar-refractivity contribution in [3.05, 3.63) is 34.9 Å². The van der Waals surface area contributed by atoms with Crippen molar-refractivity contribution >= 4 is 17.7 Å². The van der Waals surface area contributed by atoms with Gasteiger partial charge in [-0.25, -0.2) is 0 Å². The number of rotatable bonds is 7. The molecule has 1 aromatic rings. The molecule has 0 heterocycles. The number of amides is 1. The molecule has 0 radical (unpaired) electrons. The second kappa shape index (κ2) is 7.53. The Morgan fingerprint density at radius 3 is 2.68 bits per heavy atom. The highest BCUT2D eigenvalue weighted by molar-refractivity contribution is 7.99. The molecule has 0 saturated carbocycles. The molecule has 4 nitrogen and oxygen atoms in total. The lowest BCUT2D eigenvalue weighted by Crippen LogP contribution is -2.37. The predicted molar refractivity (Wildman–Crippen MR) is 80.4 cm³/mol. The smallest absolute Gasteiger partial charge is 0.248 e. The summed E-state index contributed by atoms with van der Waals surface area (Å²) >= 11 is 1.65. The van der Waals surface area contributed by atoms with Gasteiger partial charge < -0.3 is 16.2 Å². The first-order valence-electron chi connectivity index (χ1n) is 6.26. The van der Waals surface area contributed by atoms with Crippen molar-refractivity contribution in [1.82, 2.24) is 5.32 Å². The van der Waals surface area contributed by atoms with E-state index < -0.39 is 5.91 Å². The van der Waals surface area contributed by atoms with E-state index in [1.807, 2.05) is 25.3 Å². The van der Waals surface area contributed by atoms with Crippen molar-refractivity contribution in [1.29, 1.82) is 0 Å². The summed E-state index contributed by atoms with van der Waals surface area (Å²) < 4.78 is 0. The molecule has 0 bridgehead atoms. The Hall–Kier alpha value is -1.04. The number of hydrogen-bond donors (Lipinski definition) is 3. The Kier molecular flexibility index (Phi) is 6.34. The largest absolute Gasteiger partial charge is 0.395 e. The fourth-order valence-corrected chi connectivity index (χ4v) is 2.54. The quantitative estimate of drug-likeness (QED) is 0.704. The molecule has 0 aliphatic carbocycles. The summed E-state index contributed by atoms with van der Waals surface area (Å²) in [5.41, 5.74) is 7.96. The van der Waals surface area contributed by atoms with E-state index in [0.29, 0.717) is 12.1 Å². The van der Waals surface area contributed by atoms with Gasteiger partial charge in [-0.05, 0) is 43.4 Å². The van der Waals surface area contributed by atoms with Crippen molar-refractivity contribution in [2.75, 3.05) is 12.9 Å². The summed E-state index contributed by atoms with van der Waals surface area (Å²) in [5, 5.41) is 12.8. The van der Waals surface area contributed by atoms with E-state index in [-0.39, 0.29) is 17.9 Å². The molecule has 2 atom stereocenters. The molecule has 0 aliphatic heterocycles. The lowest BCUT2D eigenvalue weighted by atomic mass is 10.0. The highest BCUT2D eigenvalue weighted by Gasteiger charge is 2.14. The first-order chi connectivity index (χ1) is 8.99. The van der Waals surface area contributed by atoms with Crippen LogP contribution in [0.1, 0.15) is 28.4 Å². The molecule has 1 aromatic carbocycles. The van der Waals surface area contributed by atoms with Crippen LogP contribution in [-0.4, -0.2) is 35.2 Å². The van der Waals surface area contributed by atoms with E-state index >= 15 is 0 Å². The van der Waals surface area contributed by atoms with Gasteiger partial charge in [-0.3, -0.25) is 4.79 Å². The Labute approximate surface area is 118 Å². The van der Waals surface area contributed by atoms with Crippen molar-refractivity contribution in [2.45, 2.75) is 31.7 Å². The number of carbonyl (C=O) groups excluding carboxylic acids is 1. The highest BCUT2D eigenvalue weighted by atomic mass is 32.2. The maximum atomic E-state index is 11.1. The van der Waals surface area contributed by atoms with Crippen molar-refractivity contribution in [2.24, 2.45) is 5.73 Å². The van der Waals surface area contributed by atoms with Crippen molar-refractivity contribution in [3.63, 3.8) is 0 Å². The topological polar surface area (TPSA) is 75.3 Å². The maximum absolute atomic E-state index is 11.1. The Balaban J connectivity index is 2.65. The number of benzene rings is 1. The molecule has 4 N–H and O–H groups in total. The van der Waals surface area contributed by atoms with E-state index in [0.717, 1.165) is 11.1 Å². The minimum atomic E-state index is -0.404. The molecule has 1 rings (SSSR count). The van der Waals surface area contributed by atoms with Crippen LogP contribution in [0.3, 0.4) is 0 Å². The molecule has 0 spiro atoms. The van der Waals surface area contributed by atoms with Gasteiger partial charge >= 0.3 is 0 Å². The van der Waals surface area contributed by atoms with Crippen LogP contribution in [0.25, 0.3) is 0 Å². The summed E-state index contributed by atoms with van der Waals surface area (Å²) in [5.74, 6) is -0.404. The van der Waals surface area contributed by atoms with Crippen LogP contribution in [0.15, 0.2) is 18.2 Å². The second-order valence-electron chi connectivity index (χ2n) is 4.63. The van der Waals surface area contributed by atoms with Crippen molar-refractivity contribution in [3.8, 4) is 0 Å². The molecule has 0 fully saturated rings. The highest BCUT2D eigenvalue weighted by Crippen LogP contribution is 2.14. The first kappa shape index (κ1) is 16.0. The van der Waals surface area contributed by atoms with E-state index in [2.05, 4.69) is 12.2 Å². The third-order valence-electron chi connectivity index (χ3n) is 3.28. The SMILES string of the molecule is CSC(CO)C(C)NCc1ccc(C(N)=O)cc1C. The minimum absolute atomic E-state index is 0.162. The lowest BCUT2D eigenvalue weighted by Gasteiger charge is -2.22. The predicted octanol–water partition coefficient (Wildman–Crippen LogP) is 1.30. The molecule has 0 saturated heterocycles. The number of aliphatic hydroxyl groups is 1. The Morgan fingerprint density at radius 2 is 2.21 bits per heavy atom. The third-order valence-corrected chi connectivity index (χ3v) is 4.44. The van der Waals surface area contributed by atoms with Crippen LogP contribution >= 0.6 is 11.8 Å². The number of thioether (sulfide) groups is 1. The zero-order valence-corrected chi connectivity index (χ0v) is 12.5. The molecule has 1 amide bonds. The van der Waals surface area contributed by atoms with E-state index in [9.17, 15) is 9.90 Å². The van der Waals surface area contributed by atoms with Crippen molar-refractivity contribution < 1.29 is 9.90 Å². The van der Waals surface area contributed by atoms with Gasteiger partial charge in [0.2, 0.25) is 5.91 Å². The van der Waals surface area contributed by atoms with Crippen LogP contribution in [0, 0.1) is 6.92 Å². The second-order valence-corrected chi connectivity index (χ2v) is 5.71. The average molecular weight is 282 g/mol. The van der Waals surface area contributed by atoms with Gasteiger partial charge in [0.05, 0.1) is 6.61 Å². The number of carbonyl (C=O) groups is 1. The summed E-state index contributed by atoms with van der Waals surface area (Å²) in [6, 6.07) is 5.69. The molecule has 5 heteroatoms. The zero-order chi connectivity index (χ0) is 14.4. The Morgan fingerprint density at radius 1 is 1.53 bits per heavy atom. The maximum Gasteiger partial charge on any atom is 0.248 e.